The van der Waals surface area contributed by atoms with E-state index in [-0.39, 0.29) is 17.3 Å². The van der Waals surface area contributed by atoms with Crippen molar-refractivity contribution >= 4 is 23.0 Å². The number of para-hydroxylation sites is 1. The van der Waals surface area contributed by atoms with E-state index in [1.165, 1.54) is 6.07 Å². The first kappa shape index (κ1) is 13.7. The summed E-state index contributed by atoms with van der Waals surface area (Å²) in [7, 11) is 0. The molecular formula is C11H15ClN2O3. The molecule has 1 aromatic carbocycles. The summed E-state index contributed by atoms with van der Waals surface area (Å²) < 4.78 is 0. The van der Waals surface area contributed by atoms with Gasteiger partial charge in [-0.1, -0.05) is 31.0 Å². The minimum Gasteiger partial charge on any atom is -0.391 e. The van der Waals surface area contributed by atoms with E-state index >= 15 is 0 Å². The Bertz CT molecular complexity index is 398. The van der Waals surface area contributed by atoms with Crippen LogP contribution >= 0.6 is 11.6 Å². The van der Waals surface area contributed by atoms with Crippen LogP contribution in [0.5, 0.6) is 0 Å². The van der Waals surface area contributed by atoms with E-state index in [0.29, 0.717) is 12.1 Å². The standard InChI is InChI=1S/C11H15ClN2O3/c1-2-4-8(15)7-13-10-6-3-5-9(12)11(10)14(16)17/h3,5-6,8,13,15H,2,4,7H2,1H3. The second-order valence-corrected chi connectivity index (χ2v) is 4.12. The molecule has 0 heterocycles. The van der Waals surface area contributed by atoms with E-state index in [4.69, 9.17) is 11.6 Å². The predicted molar refractivity (Wildman–Crippen MR) is 67.5 cm³/mol. The van der Waals surface area contributed by atoms with Gasteiger partial charge in [0.15, 0.2) is 0 Å². The first-order valence-electron chi connectivity index (χ1n) is 5.41. The van der Waals surface area contributed by atoms with Crippen molar-refractivity contribution in [1.82, 2.24) is 0 Å². The van der Waals surface area contributed by atoms with Gasteiger partial charge < -0.3 is 10.4 Å². The number of anilines is 1. The van der Waals surface area contributed by atoms with Gasteiger partial charge in [-0.3, -0.25) is 10.1 Å². The van der Waals surface area contributed by atoms with Gasteiger partial charge in [0.25, 0.3) is 0 Å². The van der Waals surface area contributed by atoms with Gasteiger partial charge in [0.1, 0.15) is 10.7 Å². The highest BCUT2D eigenvalue weighted by molar-refractivity contribution is 6.33. The molecule has 1 aromatic rings. The fourth-order valence-electron chi connectivity index (χ4n) is 1.51. The van der Waals surface area contributed by atoms with E-state index in [9.17, 15) is 15.2 Å². The van der Waals surface area contributed by atoms with Gasteiger partial charge in [0.05, 0.1) is 11.0 Å². The van der Waals surface area contributed by atoms with Crippen LogP contribution in [0.4, 0.5) is 11.4 Å². The molecule has 17 heavy (non-hydrogen) atoms. The molecule has 0 aliphatic rings. The fourth-order valence-corrected chi connectivity index (χ4v) is 1.75. The third-order valence-corrected chi connectivity index (χ3v) is 2.62. The zero-order valence-electron chi connectivity index (χ0n) is 9.52. The molecule has 0 aliphatic heterocycles. The minimum atomic E-state index is -0.531. The second-order valence-electron chi connectivity index (χ2n) is 3.72. The molecule has 0 saturated heterocycles. The molecule has 5 nitrogen and oxygen atoms in total. The lowest BCUT2D eigenvalue weighted by atomic mass is 10.2. The summed E-state index contributed by atoms with van der Waals surface area (Å²) in [5, 5.41) is 23.3. The molecule has 0 aliphatic carbocycles. The lowest BCUT2D eigenvalue weighted by molar-refractivity contribution is -0.383. The minimum absolute atomic E-state index is 0.0879. The van der Waals surface area contributed by atoms with Gasteiger partial charge in [-0.05, 0) is 18.6 Å². The van der Waals surface area contributed by atoms with E-state index in [1.54, 1.807) is 12.1 Å². The summed E-state index contributed by atoms with van der Waals surface area (Å²) >= 11 is 5.76. The highest BCUT2D eigenvalue weighted by atomic mass is 35.5. The zero-order chi connectivity index (χ0) is 12.8. The topological polar surface area (TPSA) is 75.4 Å². The maximum absolute atomic E-state index is 10.8. The number of nitro benzene ring substituents is 1. The molecule has 0 amide bonds. The van der Waals surface area contributed by atoms with Gasteiger partial charge >= 0.3 is 5.69 Å². The van der Waals surface area contributed by atoms with Crippen LogP contribution in [0.25, 0.3) is 0 Å². The maximum atomic E-state index is 10.8. The van der Waals surface area contributed by atoms with Crippen LogP contribution in [0.2, 0.25) is 5.02 Å². The largest absolute Gasteiger partial charge is 0.391 e. The van der Waals surface area contributed by atoms with Crippen LogP contribution < -0.4 is 5.32 Å². The number of halogens is 1. The maximum Gasteiger partial charge on any atom is 0.310 e. The van der Waals surface area contributed by atoms with Gasteiger partial charge in [0, 0.05) is 6.54 Å². The quantitative estimate of drug-likeness (QED) is 0.608. The Balaban J connectivity index is 2.77. The molecule has 0 aromatic heterocycles. The van der Waals surface area contributed by atoms with Crippen LogP contribution in [0.15, 0.2) is 18.2 Å². The molecule has 6 heteroatoms. The summed E-state index contributed by atoms with van der Waals surface area (Å²) in [6.45, 7) is 2.24. The molecule has 0 bridgehead atoms. The smallest absolute Gasteiger partial charge is 0.310 e. The Morgan fingerprint density at radius 3 is 2.88 bits per heavy atom. The summed E-state index contributed by atoms with van der Waals surface area (Å²) in [6, 6.07) is 4.67. The summed E-state index contributed by atoms with van der Waals surface area (Å²) in [5.41, 5.74) is 0.176. The summed E-state index contributed by atoms with van der Waals surface area (Å²) in [5.74, 6) is 0. The molecule has 0 spiro atoms. The van der Waals surface area contributed by atoms with Crippen LogP contribution in [0.1, 0.15) is 19.8 Å². The van der Waals surface area contributed by atoms with Crippen molar-refractivity contribution < 1.29 is 10.0 Å². The van der Waals surface area contributed by atoms with Crippen LogP contribution in [0, 0.1) is 10.1 Å². The van der Waals surface area contributed by atoms with Gasteiger partial charge in [-0.25, -0.2) is 0 Å². The number of aliphatic hydroxyl groups is 1. The van der Waals surface area contributed by atoms with E-state index < -0.39 is 11.0 Å². The third-order valence-electron chi connectivity index (χ3n) is 2.32. The third kappa shape index (κ3) is 3.87. The Hall–Kier alpha value is -1.33. The first-order chi connectivity index (χ1) is 8.06. The fraction of sp³-hybridized carbons (Fsp3) is 0.455. The summed E-state index contributed by atoms with van der Waals surface area (Å²) in [6.07, 6.45) is 1.00. The Morgan fingerprint density at radius 1 is 1.59 bits per heavy atom. The molecule has 1 rings (SSSR count). The van der Waals surface area contributed by atoms with E-state index in [0.717, 1.165) is 6.42 Å². The average Bonchev–Trinajstić information content (AvgIpc) is 2.26. The zero-order valence-corrected chi connectivity index (χ0v) is 10.3. The summed E-state index contributed by atoms with van der Waals surface area (Å²) in [4.78, 5) is 10.3. The number of benzene rings is 1. The van der Waals surface area contributed by atoms with Crippen molar-refractivity contribution in [1.29, 1.82) is 0 Å². The van der Waals surface area contributed by atoms with Crippen LogP contribution in [-0.4, -0.2) is 22.7 Å². The molecule has 0 radical (unpaired) electrons. The number of hydrogen-bond acceptors (Lipinski definition) is 4. The number of nitro groups is 1. The number of nitrogens with zero attached hydrogens (tertiary/aromatic N) is 1. The van der Waals surface area contributed by atoms with Crippen molar-refractivity contribution in [3.05, 3.63) is 33.3 Å². The molecule has 2 N–H and O–H groups in total. The van der Waals surface area contributed by atoms with Crippen molar-refractivity contribution in [3.8, 4) is 0 Å². The number of nitrogens with one attached hydrogen (secondary N) is 1. The normalized spacial score (nSPS) is 12.2. The number of aliphatic hydroxyl groups excluding tert-OH is 1. The van der Waals surface area contributed by atoms with Gasteiger partial charge in [-0.2, -0.15) is 0 Å². The molecule has 1 unspecified atom stereocenters. The molecule has 94 valence electrons. The lowest BCUT2D eigenvalue weighted by Gasteiger charge is -2.12. The highest BCUT2D eigenvalue weighted by Crippen LogP contribution is 2.32. The second kappa shape index (κ2) is 6.42. The molecule has 0 fully saturated rings. The number of rotatable bonds is 6. The van der Waals surface area contributed by atoms with E-state index in [1.807, 2.05) is 6.92 Å². The SMILES string of the molecule is CCCC(O)CNc1cccc(Cl)c1[N+](=O)[O-]. The van der Waals surface area contributed by atoms with Crippen molar-refractivity contribution in [2.75, 3.05) is 11.9 Å². The molecular weight excluding hydrogens is 244 g/mol. The number of hydrogen-bond donors (Lipinski definition) is 2. The first-order valence-corrected chi connectivity index (χ1v) is 5.79. The average molecular weight is 259 g/mol. The van der Waals surface area contributed by atoms with E-state index in [2.05, 4.69) is 5.32 Å². The van der Waals surface area contributed by atoms with Crippen LogP contribution in [0.3, 0.4) is 0 Å². The van der Waals surface area contributed by atoms with Gasteiger partial charge in [-0.15, -0.1) is 0 Å². The Labute approximate surface area is 105 Å². The predicted octanol–water partition coefficient (Wildman–Crippen LogP) is 2.82. The Kier molecular flexibility index (Phi) is 5.18. The van der Waals surface area contributed by atoms with Gasteiger partial charge in [0.2, 0.25) is 0 Å². The van der Waals surface area contributed by atoms with Crippen molar-refractivity contribution in [2.45, 2.75) is 25.9 Å². The monoisotopic (exact) mass is 258 g/mol. The molecule has 0 saturated carbocycles. The lowest BCUT2D eigenvalue weighted by Crippen LogP contribution is -2.19. The van der Waals surface area contributed by atoms with Crippen molar-refractivity contribution in [2.24, 2.45) is 0 Å². The van der Waals surface area contributed by atoms with Crippen molar-refractivity contribution in [3.63, 3.8) is 0 Å². The molecule has 1 atom stereocenters. The van der Waals surface area contributed by atoms with Crippen LogP contribution in [-0.2, 0) is 0 Å². The highest BCUT2D eigenvalue weighted by Gasteiger charge is 2.18. The Morgan fingerprint density at radius 2 is 2.29 bits per heavy atom.